The van der Waals surface area contributed by atoms with Crippen molar-refractivity contribution in [2.45, 2.75) is 27.2 Å². The molecular weight excluding hydrogens is 426 g/mol. The SMILES string of the molecule is C[C](C)=[Zr+2].Cc1ccc[c-]1-c1cccc2c1Cc1ccccc1-2.[Cl-].[Cl-]. The first-order chi connectivity index (χ1) is 11.1. The molecule has 3 heteroatoms. The van der Waals surface area contributed by atoms with Crippen molar-refractivity contribution >= 4 is 3.21 Å². The molecule has 1 aliphatic carbocycles. The summed E-state index contributed by atoms with van der Waals surface area (Å²) in [7, 11) is 0. The molecule has 0 bridgehead atoms. The van der Waals surface area contributed by atoms with Gasteiger partial charge in [0, 0.05) is 0 Å². The van der Waals surface area contributed by atoms with Gasteiger partial charge in [-0.3, -0.25) is 0 Å². The molecule has 25 heavy (non-hydrogen) atoms. The average Bonchev–Trinajstić information content (AvgIpc) is 3.10. The van der Waals surface area contributed by atoms with Gasteiger partial charge in [0.15, 0.2) is 0 Å². The van der Waals surface area contributed by atoms with E-state index in [1.54, 1.807) is 24.2 Å². The van der Waals surface area contributed by atoms with Gasteiger partial charge >= 0.3 is 41.3 Å². The molecule has 0 amide bonds. The number of aryl methyl sites for hydroxylation is 1. The molecule has 4 rings (SSSR count). The standard InChI is InChI=1S/C19H15.C3H6.2ClH.Zr/c1-13-6-4-9-15(13)17-10-5-11-18-16-8-3-2-7-14(16)12-19(17)18;1-3-2;;;/h2-11H,12H2,1H3;1-2H3;2*1H;/q-1;;;;+2/p-2. The smallest absolute Gasteiger partial charge is 0.0227 e. The van der Waals surface area contributed by atoms with Crippen LogP contribution < -0.4 is 24.8 Å². The van der Waals surface area contributed by atoms with Crippen molar-refractivity contribution in [3.05, 3.63) is 77.4 Å². The van der Waals surface area contributed by atoms with Crippen molar-refractivity contribution in [3.8, 4) is 22.3 Å². The van der Waals surface area contributed by atoms with Crippen LogP contribution in [0.2, 0.25) is 0 Å². The normalized spacial score (nSPS) is 10.4. The maximum Gasteiger partial charge on any atom is -0.0227 e. The molecule has 0 N–H and O–H groups in total. The van der Waals surface area contributed by atoms with Crippen LogP contribution in [-0.2, 0) is 30.7 Å². The van der Waals surface area contributed by atoms with E-state index >= 15 is 0 Å². The zero-order chi connectivity index (χ0) is 16.4. The molecule has 3 aromatic carbocycles. The summed E-state index contributed by atoms with van der Waals surface area (Å²) in [5.41, 5.74) is 9.90. The fourth-order valence-corrected chi connectivity index (χ4v) is 3.22. The minimum Gasteiger partial charge on any atom is -1.00 e. The Bertz CT molecular complexity index is 858. The molecule has 0 spiro atoms. The molecule has 0 saturated carbocycles. The Balaban J connectivity index is 0.000000476. The van der Waals surface area contributed by atoms with E-state index in [2.05, 4.69) is 81.4 Å². The van der Waals surface area contributed by atoms with E-state index in [0.717, 1.165) is 6.42 Å². The van der Waals surface area contributed by atoms with E-state index in [4.69, 9.17) is 0 Å². The first kappa shape index (κ1) is 22.2. The quantitative estimate of drug-likeness (QED) is 0.352. The van der Waals surface area contributed by atoms with Crippen LogP contribution in [0.25, 0.3) is 22.3 Å². The van der Waals surface area contributed by atoms with Crippen molar-refractivity contribution in [3.63, 3.8) is 0 Å². The molecule has 0 saturated heterocycles. The predicted molar refractivity (Wildman–Crippen MR) is 96.8 cm³/mol. The number of halogens is 2. The largest absolute Gasteiger partial charge is 1.00 e. The fraction of sp³-hybridized carbons (Fsp3) is 0.182. The van der Waals surface area contributed by atoms with Gasteiger partial charge in [-0.1, -0.05) is 54.4 Å². The van der Waals surface area contributed by atoms with Gasteiger partial charge in [-0.25, -0.2) is 0 Å². The number of fused-ring (bicyclic) bond motifs is 3. The van der Waals surface area contributed by atoms with Crippen molar-refractivity contribution < 1.29 is 49.0 Å². The molecule has 0 atom stereocenters. The predicted octanol–water partition coefficient (Wildman–Crippen LogP) is -0.294. The molecule has 128 valence electrons. The van der Waals surface area contributed by atoms with E-state index in [1.807, 2.05) is 0 Å². The maximum absolute atomic E-state index is 2.26. The van der Waals surface area contributed by atoms with Crippen LogP contribution >= 0.6 is 0 Å². The average molecular weight is 448 g/mol. The second-order valence-corrected chi connectivity index (χ2v) is 8.75. The summed E-state index contributed by atoms with van der Waals surface area (Å²) < 4.78 is 1.51. The zero-order valence-electron chi connectivity index (χ0n) is 14.7. The van der Waals surface area contributed by atoms with Gasteiger partial charge in [-0.05, 0) is 23.1 Å². The number of benzene rings is 2. The molecule has 0 fully saturated rings. The molecule has 0 unspecified atom stereocenters. The van der Waals surface area contributed by atoms with Gasteiger partial charge in [0.2, 0.25) is 0 Å². The first-order valence-electron chi connectivity index (χ1n) is 8.02. The number of hydrogen-bond donors (Lipinski definition) is 0. The van der Waals surface area contributed by atoms with E-state index in [9.17, 15) is 0 Å². The Morgan fingerprint density at radius 2 is 1.52 bits per heavy atom. The molecular formula is C22H21Cl2Zr-. The summed E-state index contributed by atoms with van der Waals surface area (Å²) in [5, 5.41) is 0. The van der Waals surface area contributed by atoms with Gasteiger partial charge in [-0.2, -0.15) is 6.07 Å². The second kappa shape index (κ2) is 9.72. The minimum atomic E-state index is 0. The summed E-state index contributed by atoms with van der Waals surface area (Å²) in [6, 6.07) is 22.0. The van der Waals surface area contributed by atoms with Crippen LogP contribution in [0.4, 0.5) is 0 Å². The Kier molecular flexibility index (Phi) is 8.62. The van der Waals surface area contributed by atoms with Gasteiger partial charge in [0.25, 0.3) is 0 Å². The van der Waals surface area contributed by atoms with E-state index in [0.29, 0.717) is 0 Å². The Hall–Kier alpha value is -0.877. The molecule has 1 aliphatic rings. The van der Waals surface area contributed by atoms with Gasteiger partial charge in [0.05, 0.1) is 0 Å². The molecule has 0 aliphatic heterocycles. The molecule has 0 radical (unpaired) electrons. The third-order valence-corrected chi connectivity index (χ3v) is 4.17. The molecule has 0 nitrogen and oxygen atoms in total. The van der Waals surface area contributed by atoms with Crippen LogP contribution in [0.5, 0.6) is 0 Å². The monoisotopic (exact) mass is 445 g/mol. The summed E-state index contributed by atoms with van der Waals surface area (Å²) in [6.07, 6.45) is 1.06. The van der Waals surface area contributed by atoms with E-state index in [-0.39, 0.29) is 24.8 Å². The Labute approximate surface area is 178 Å². The van der Waals surface area contributed by atoms with Crippen LogP contribution in [0.3, 0.4) is 0 Å². The van der Waals surface area contributed by atoms with Crippen molar-refractivity contribution in [2.75, 3.05) is 0 Å². The third kappa shape index (κ3) is 4.85. The van der Waals surface area contributed by atoms with Crippen LogP contribution in [-0.4, -0.2) is 3.21 Å². The number of hydrogen-bond acceptors (Lipinski definition) is 0. The Morgan fingerprint density at radius 3 is 2.16 bits per heavy atom. The Morgan fingerprint density at radius 1 is 0.880 bits per heavy atom. The van der Waals surface area contributed by atoms with Crippen LogP contribution in [0, 0.1) is 6.92 Å². The topological polar surface area (TPSA) is 0 Å². The van der Waals surface area contributed by atoms with Gasteiger partial charge in [0.1, 0.15) is 0 Å². The van der Waals surface area contributed by atoms with E-state index < -0.39 is 0 Å². The summed E-state index contributed by atoms with van der Waals surface area (Å²) >= 11 is 1.55. The third-order valence-electron chi connectivity index (χ3n) is 4.17. The first-order valence-corrected chi connectivity index (χ1v) is 9.25. The molecule has 3 aromatic rings. The summed E-state index contributed by atoms with van der Waals surface area (Å²) in [4.78, 5) is 0. The maximum atomic E-state index is 2.26. The van der Waals surface area contributed by atoms with Crippen molar-refractivity contribution in [1.29, 1.82) is 0 Å². The van der Waals surface area contributed by atoms with Crippen molar-refractivity contribution in [1.82, 2.24) is 0 Å². The zero-order valence-corrected chi connectivity index (χ0v) is 18.7. The summed E-state index contributed by atoms with van der Waals surface area (Å²) in [5.74, 6) is 0. The van der Waals surface area contributed by atoms with E-state index in [1.165, 1.54) is 42.2 Å². The van der Waals surface area contributed by atoms with Gasteiger partial charge in [-0.15, -0.1) is 29.3 Å². The minimum absolute atomic E-state index is 0. The molecule has 0 heterocycles. The van der Waals surface area contributed by atoms with Crippen LogP contribution in [0.15, 0.2) is 60.7 Å². The number of rotatable bonds is 1. The second-order valence-electron chi connectivity index (χ2n) is 6.29. The van der Waals surface area contributed by atoms with Gasteiger partial charge < -0.3 is 24.8 Å². The van der Waals surface area contributed by atoms with Crippen molar-refractivity contribution in [2.24, 2.45) is 0 Å². The fourth-order valence-electron chi connectivity index (χ4n) is 3.22. The summed E-state index contributed by atoms with van der Waals surface area (Å²) in [6.45, 7) is 6.44. The molecule has 0 aromatic heterocycles. The van der Waals surface area contributed by atoms with Crippen LogP contribution in [0.1, 0.15) is 30.5 Å².